The fourth-order valence-electron chi connectivity index (χ4n) is 1.77. The first-order valence-electron chi connectivity index (χ1n) is 7.00. The highest BCUT2D eigenvalue weighted by Crippen LogP contribution is 2.33. The van der Waals surface area contributed by atoms with Crippen LogP contribution in [0.5, 0.6) is 5.75 Å². The third-order valence-corrected chi connectivity index (χ3v) is 4.90. The van der Waals surface area contributed by atoms with E-state index in [0.717, 1.165) is 22.3 Å². The molecule has 1 atom stereocenters. The molecule has 2 rings (SSSR count). The van der Waals surface area contributed by atoms with Gasteiger partial charge < -0.3 is 10.5 Å². The second-order valence-corrected chi connectivity index (χ2v) is 8.04. The summed E-state index contributed by atoms with van der Waals surface area (Å²) in [7, 11) is 0. The average Bonchev–Trinajstić information content (AvgIpc) is 3.13. The summed E-state index contributed by atoms with van der Waals surface area (Å²) in [4.78, 5) is 4.38. The third-order valence-electron chi connectivity index (χ3n) is 3.69. The van der Waals surface area contributed by atoms with Crippen LogP contribution in [0.1, 0.15) is 39.2 Å². The molecule has 0 unspecified atom stereocenters. The van der Waals surface area contributed by atoms with Crippen molar-refractivity contribution in [2.45, 2.75) is 46.1 Å². The zero-order valence-corrected chi connectivity index (χ0v) is 15.2. The van der Waals surface area contributed by atoms with Gasteiger partial charge in [-0.15, -0.1) is 0 Å². The van der Waals surface area contributed by atoms with Crippen molar-refractivity contribution in [3.63, 3.8) is 0 Å². The molecule has 20 heavy (non-hydrogen) atoms. The molecule has 0 bridgehead atoms. The Morgan fingerprint density at radius 1 is 1.50 bits per heavy atom. The Labute approximate surface area is 139 Å². The monoisotopic (exact) mass is 408 g/mol. The molecular formula is C15H22ClIN2O. The lowest BCUT2D eigenvalue weighted by Gasteiger charge is -2.27. The van der Waals surface area contributed by atoms with Crippen molar-refractivity contribution in [1.29, 1.82) is 0 Å². The molecule has 2 N–H and O–H groups in total. The van der Waals surface area contributed by atoms with Crippen LogP contribution >= 0.6 is 34.2 Å². The highest BCUT2D eigenvalue weighted by molar-refractivity contribution is 14.1. The number of rotatable bonds is 5. The van der Waals surface area contributed by atoms with Crippen LogP contribution in [0, 0.1) is 15.0 Å². The maximum absolute atomic E-state index is 6.27. The second kappa shape index (κ2) is 6.36. The summed E-state index contributed by atoms with van der Waals surface area (Å²) in [5.41, 5.74) is 7.45. The fourth-order valence-corrected chi connectivity index (χ4v) is 2.72. The first kappa shape index (κ1) is 16.3. The van der Waals surface area contributed by atoms with Gasteiger partial charge in [0, 0.05) is 6.04 Å². The second-order valence-electron chi connectivity index (χ2n) is 6.66. The molecule has 0 aliphatic heterocycles. The van der Waals surface area contributed by atoms with E-state index in [-0.39, 0.29) is 11.5 Å². The summed E-state index contributed by atoms with van der Waals surface area (Å²) in [6.45, 7) is 7.20. The minimum Gasteiger partial charge on any atom is -0.490 e. The Bertz CT molecular complexity index is 483. The van der Waals surface area contributed by atoms with Gasteiger partial charge in [-0.25, -0.2) is 4.98 Å². The Morgan fingerprint density at radius 2 is 2.15 bits per heavy atom. The molecule has 1 aliphatic rings. The molecule has 5 heteroatoms. The normalized spacial score (nSPS) is 17.1. The Hall–Kier alpha value is -0.0700. The van der Waals surface area contributed by atoms with Crippen molar-refractivity contribution >= 4 is 34.2 Å². The first-order valence-corrected chi connectivity index (χ1v) is 8.46. The summed E-state index contributed by atoms with van der Waals surface area (Å²) in [5.74, 6) is 1.39. The Kier molecular flexibility index (Phi) is 5.19. The average molecular weight is 409 g/mol. The zero-order chi connectivity index (χ0) is 14.9. The van der Waals surface area contributed by atoms with E-state index in [9.17, 15) is 0 Å². The number of nitrogens with two attached hydrogens (primary N) is 1. The summed E-state index contributed by atoms with van der Waals surface area (Å²) >= 11 is 8.37. The minimum absolute atomic E-state index is 0.0672. The van der Waals surface area contributed by atoms with Gasteiger partial charge in [0.1, 0.15) is 3.70 Å². The lowest BCUT2D eigenvalue weighted by molar-refractivity contribution is 0.296. The van der Waals surface area contributed by atoms with E-state index >= 15 is 0 Å². The van der Waals surface area contributed by atoms with Crippen LogP contribution in [0.15, 0.2) is 6.07 Å². The summed E-state index contributed by atoms with van der Waals surface area (Å²) in [6.07, 6.45) is 3.31. The van der Waals surface area contributed by atoms with E-state index in [0.29, 0.717) is 16.8 Å². The summed E-state index contributed by atoms with van der Waals surface area (Å²) in [6, 6.07) is 2.08. The zero-order valence-electron chi connectivity index (χ0n) is 12.2. The van der Waals surface area contributed by atoms with E-state index in [4.69, 9.17) is 22.1 Å². The van der Waals surface area contributed by atoms with Gasteiger partial charge >= 0.3 is 0 Å². The van der Waals surface area contributed by atoms with Crippen LogP contribution in [0.3, 0.4) is 0 Å². The highest BCUT2D eigenvalue weighted by Gasteiger charge is 2.24. The fraction of sp³-hybridized carbons (Fsp3) is 0.667. The molecule has 0 spiro atoms. The number of pyridine rings is 1. The summed E-state index contributed by atoms with van der Waals surface area (Å²) in [5, 5.41) is 0.447. The maximum Gasteiger partial charge on any atom is 0.172 e. The highest BCUT2D eigenvalue weighted by atomic mass is 127. The number of ether oxygens (including phenoxy) is 1. The van der Waals surface area contributed by atoms with Crippen LogP contribution < -0.4 is 10.5 Å². The van der Waals surface area contributed by atoms with Gasteiger partial charge in [0.2, 0.25) is 0 Å². The minimum atomic E-state index is 0.0672. The predicted octanol–water partition coefficient (Wildman–Crippen LogP) is 4.04. The molecular weight excluding hydrogens is 387 g/mol. The SMILES string of the molecule is CC(C)(C)[C@H](N)Cc1cc(OCC2CC2)c(Cl)nc1I. The van der Waals surface area contributed by atoms with Crippen molar-refractivity contribution in [3.05, 3.63) is 20.5 Å². The standard InChI is InChI=1S/C15H22ClIN2O/c1-15(2,3)12(18)7-10-6-11(13(16)19-14(10)17)20-8-9-4-5-9/h6,9,12H,4-5,7-8,18H2,1-3H3/t12-/m1/s1. The van der Waals surface area contributed by atoms with Gasteiger partial charge in [-0.1, -0.05) is 32.4 Å². The van der Waals surface area contributed by atoms with Gasteiger partial charge in [0.05, 0.1) is 6.61 Å². The molecule has 1 aliphatic carbocycles. The van der Waals surface area contributed by atoms with Crippen LogP contribution in [-0.2, 0) is 6.42 Å². The molecule has 0 saturated heterocycles. The summed E-state index contributed by atoms with van der Waals surface area (Å²) < 4.78 is 6.69. The molecule has 0 radical (unpaired) electrons. The molecule has 1 aromatic heterocycles. The largest absolute Gasteiger partial charge is 0.490 e. The van der Waals surface area contributed by atoms with Gasteiger partial charge in [-0.05, 0) is 64.8 Å². The van der Waals surface area contributed by atoms with E-state index in [1.165, 1.54) is 12.8 Å². The number of hydrogen-bond acceptors (Lipinski definition) is 3. The quantitative estimate of drug-likeness (QED) is 0.591. The Balaban J connectivity index is 2.12. The number of aromatic nitrogens is 1. The third kappa shape index (κ3) is 4.46. The maximum atomic E-state index is 6.27. The molecule has 1 fully saturated rings. The number of nitrogens with zero attached hydrogens (tertiary/aromatic N) is 1. The lowest BCUT2D eigenvalue weighted by atomic mass is 9.84. The number of hydrogen-bond donors (Lipinski definition) is 1. The van der Waals surface area contributed by atoms with Crippen molar-refractivity contribution < 1.29 is 4.74 Å². The smallest absolute Gasteiger partial charge is 0.172 e. The van der Waals surface area contributed by atoms with Crippen molar-refractivity contribution in [3.8, 4) is 5.75 Å². The molecule has 112 valence electrons. The number of halogens is 2. The Morgan fingerprint density at radius 3 is 2.70 bits per heavy atom. The topological polar surface area (TPSA) is 48.1 Å². The molecule has 1 heterocycles. The van der Waals surface area contributed by atoms with Gasteiger partial charge in [-0.3, -0.25) is 0 Å². The van der Waals surface area contributed by atoms with Gasteiger partial charge in [0.15, 0.2) is 10.9 Å². The van der Waals surface area contributed by atoms with Crippen LogP contribution in [0.25, 0.3) is 0 Å². The van der Waals surface area contributed by atoms with Crippen molar-refractivity contribution in [2.24, 2.45) is 17.1 Å². The van der Waals surface area contributed by atoms with Crippen molar-refractivity contribution in [2.75, 3.05) is 6.61 Å². The van der Waals surface area contributed by atoms with Crippen LogP contribution in [0.2, 0.25) is 5.15 Å². The lowest BCUT2D eigenvalue weighted by Crippen LogP contribution is -2.37. The molecule has 3 nitrogen and oxygen atoms in total. The van der Waals surface area contributed by atoms with Crippen molar-refractivity contribution in [1.82, 2.24) is 4.98 Å². The van der Waals surface area contributed by atoms with Crippen LogP contribution in [-0.4, -0.2) is 17.6 Å². The van der Waals surface area contributed by atoms with E-state index < -0.39 is 0 Å². The predicted molar refractivity (Wildman–Crippen MR) is 91.3 cm³/mol. The molecule has 1 aromatic rings. The van der Waals surface area contributed by atoms with Gasteiger partial charge in [-0.2, -0.15) is 0 Å². The van der Waals surface area contributed by atoms with E-state index in [2.05, 4.69) is 48.3 Å². The molecule has 0 aromatic carbocycles. The van der Waals surface area contributed by atoms with Crippen LogP contribution in [0.4, 0.5) is 0 Å². The van der Waals surface area contributed by atoms with E-state index in [1.807, 2.05) is 6.07 Å². The molecule has 0 amide bonds. The molecule has 1 saturated carbocycles. The van der Waals surface area contributed by atoms with E-state index in [1.54, 1.807) is 0 Å². The first-order chi connectivity index (χ1) is 9.27. The van der Waals surface area contributed by atoms with Gasteiger partial charge in [0.25, 0.3) is 0 Å².